The molecule has 0 spiro atoms. The maximum Gasteiger partial charge on any atom is 0.346 e. The Kier molecular flexibility index (Phi) is 7.87. The number of hydrogen-bond acceptors (Lipinski definition) is 8. The SMILES string of the molecule is Nc1ccnc(=O)[nH]1.O=C(Cl)C(O)C(O)C(O)CO. The van der Waals surface area contributed by atoms with E-state index in [0.29, 0.717) is 5.82 Å². The summed E-state index contributed by atoms with van der Waals surface area (Å²) >= 11 is 4.78. The van der Waals surface area contributed by atoms with Gasteiger partial charge in [-0.3, -0.25) is 9.78 Å². The van der Waals surface area contributed by atoms with Crippen LogP contribution in [0.2, 0.25) is 0 Å². The van der Waals surface area contributed by atoms with Crippen molar-refractivity contribution < 1.29 is 25.2 Å². The number of hydrogen-bond donors (Lipinski definition) is 6. The molecule has 0 radical (unpaired) electrons. The van der Waals surface area contributed by atoms with E-state index < -0.39 is 35.9 Å². The number of rotatable bonds is 4. The molecule has 0 aliphatic rings. The lowest BCUT2D eigenvalue weighted by Crippen LogP contribution is -2.42. The predicted octanol–water partition coefficient (Wildman–Crippen LogP) is -2.82. The lowest BCUT2D eigenvalue weighted by molar-refractivity contribution is -0.132. The molecule has 3 atom stereocenters. The Morgan fingerprint density at radius 1 is 1.47 bits per heavy atom. The zero-order valence-corrected chi connectivity index (χ0v) is 10.4. The van der Waals surface area contributed by atoms with E-state index in [1.165, 1.54) is 12.3 Å². The summed E-state index contributed by atoms with van der Waals surface area (Å²) in [4.78, 5) is 26.0. The molecule has 0 saturated carbocycles. The van der Waals surface area contributed by atoms with Crippen molar-refractivity contribution in [1.82, 2.24) is 9.97 Å². The van der Waals surface area contributed by atoms with Crippen LogP contribution in [-0.2, 0) is 4.79 Å². The average Bonchev–Trinajstić information content (AvgIpc) is 2.36. The van der Waals surface area contributed by atoms with Crippen LogP contribution in [0.4, 0.5) is 5.82 Å². The second-order valence-corrected chi connectivity index (χ2v) is 3.69. The summed E-state index contributed by atoms with van der Waals surface area (Å²) in [6, 6.07) is 1.52. The van der Waals surface area contributed by atoms with Crippen molar-refractivity contribution >= 4 is 22.7 Å². The molecular formula is C9H14ClN3O6. The normalized spacial score (nSPS) is 14.8. The van der Waals surface area contributed by atoms with Gasteiger partial charge in [0.15, 0.2) is 6.10 Å². The van der Waals surface area contributed by atoms with Crippen LogP contribution in [0.1, 0.15) is 0 Å². The largest absolute Gasteiger partial charge is 0.394 e. The summed E-state index contributed by atoms with van der Waals surface area (Å²) in [5.74, 6) is 0.338. The Hall–Kier alpha value is -1.52. The van der Waals surface area contributed by atoms with Gasteiger partial charge in [0.25, 0.3) is 5.24 Å². The number of aliphatic hydroxyl groups excluding tert-OH is 4. The third-order valence-corrected chi connectivity index (χ3v) is 2.06. The van der Waals surface area contributed by atoms with Crippen LogP contribution in [0, 0.1) is 0 Å². The highest BCUT2D eigenvalue weighted by Gasteiger charge is 2.28. The molecule has 10 heteroatoms. The smallest absolute Gasteiger partial charge is 0.346 e. The Balaban J connectivity index is 0.000000356. The molecule has 19 heavy (non-hydrogen) atoms. The van der Waals surface area contributed by atoms with Gasteiger partial charge in [-0.1, -0.05) is 0 Å². The highest BCUT2D eigenvalue weighted by molar-refractivity contribution is 6.64. The second-order valence-electron chi connectivity index (χ2n) is 3.32. The number of anilines is 1. The second kappa shape index (κ2) is 8.56. The van der Waals surface area contributed by atoms with Gasteiger partial charge in [0.2, 0.25) is 0 Å². The maximum atomic E-state index is 10.2. The number of carbonyl (C=O) groups is 1. The molecule has 0 aliphatic heterocycles. The minimum Gasteiger partial charge on any atom is -0.394 e. The average molecular weight is 296 g/mol. The van der Waals surface area contributed by atoms with Crippen molar-refractivity contribution in [2.24, 2.45) is 0 Å². The number of nitrogens with two attached hydrogens (primary N) is 1. The number of nitrogen functional groups attached to an aromatic ring is 1. The summed E-state index contributed by atoms with van der Waals surface area (Å²) in [5, 5.41) is 33.2. The van der Waals surface area contributed by atoms with E-state index in [9.17, 15) is 9.59 Å². The molecule has 0 amide bonds. The minimum absolute atomic E-state index is 0.338. The first-order chi connectivity index (χ1) is 8.79. The molecule has 1 aromatic heterocycles. The number of halogens is 1. The molecule has 0 aliphatic carbocycles. The Morgan fingerprint density at radius 2 is 2.05 bits per heavy atom. The van der Waals surface area contributed by atoms with Crippen LogP contribution in [-0.4, -0.2) is 60.6 Å². The maximum absolute atomic E-state index is 10.2. The molecule has 0 aromatic carbocycles. The van der Waals surface area contributed by atoms with Gasteiger partial charge in [-0.05, 0) is 17.7 Å². The van der Waals surface area contributed by atoms with Crippen molar-refractivity contribution in [3.63, 3.8) is 0 Å². The number of nitrogens with one attached hydrogen (secondary N) is 1. The number of nitrogens with zero attached hydrogens (tertiary/aromatic N) is 1. The number of H-pyrrole nitrogens is 1. The van der Waals surface area contributed by atoms with Gasteiger partial charge in [0.1, 0.15) is 18.0 Å². The Morgan fingerprint density at radius 3 is 2.37 bits per heavy atom. The summed E-state index contributed by atoms with van der Waals surface area (Å²) in [6.45, 7) is -0.748. The summed E-state index contributed by atoms with van der Waals surface area (Å²) < 4.78 is 0. The quantitative estimate of drug-likeness (QED) is 0.323. The van der Waals surface area contributed by atoms with E-state index in [1.54, 1.807) is 0 Å². The number of carbonyl (C=O) groups excluding carboxylic acids is 1. The van der Waals surface area contributed by atoms with Gasteiger partial charge in [-0.15, -0.1) is 0 Å². The molecule has 0 fully saturated rings. The lowest BCUT2D eigenvalue weighted by Gasteiger charge is -2.17. The minimum atomic E-state index is -1.86. The van der Waals surface area contributed by atoms with Gasteiger partial charge in [0.05, 0.1) is 6.61 Å². The van der Waals surface area contributed by atoms with E-state index in [2.05, 4.69) is 9.97 Å². The van der Waals surface area contributed by atoms with Crippen molar-refractivity contribution in [1.29, 1.82) is 0 Å². The third-order valence-electron chi connectivity index (χ3n) is 1.83. The third kappa shape index (κ3) is 6.84. The highest BCUT2D eigenvalue weighted by atomic mass is 35.5. The summed E-state index contributed by atoms with van der Waals surface area (Å²) in [5.41, 5.74) is 4.75. The number of aliphatic hydroxyl groups is 4. The van der Waals surface area contributed by atoms with Crippen molar-refractivity contribution in [2.45, 2.75) is 18.3 Å². The molecule has 9 nitrogen and oxygen atoms in total. The van der Waals surface area contributed by atoms with E-state index in [1.807, 2.05) is 0 Å². The van der Waals surface area contributed by atoms with Crippen LogP contribution in [0.15, 0.2) is 17.1 Å². The highest BCUT2D eigenvalue weighted by Crippen LogP contribution is 2.02. The topological polar surface area (TPSA) is 170 Å². The summed E-state index contributed by atoms with van der Waals surface area (Å²) in [7, 11) is 0. The molecular weight excluding hydrogens is 282 g/mol. The molecule has 1 aromatic rings. The van der Waals surface area contributed by atoms with Crippen LogP contribution in [0.25, 0.3) is 0 Å². The Bertz CT molecular complexity index is 454. The van der Waals surface area contributed by atoms with Crippen molar-refractivity contribution in [2.75, 3.05) is 12.3 Å². The van der Waals surface area contributed by atoms with Crippen LogP contribution < -0.4 is 11.4 Å². The fourth-order valence-electron chi connectivity index (χ4n) is 0.835. The van der Waals surface area contributed by atoms with Crippen LogP contribution in [0.3, 0.4) is 0 Å². The molecule has 108 valence electrons. The first-order valence-corrected chi connectivity index (χ1v) is 5.32. The number of aromatic nitrogens is 2. The molecule has 1 rings (SSSR count). The van der Waals surface area contributed by atoms with Gasteiger partial charge < -0.3 is 26.2 Å². The molecule has 7 N–H and O–H groups in total. The zero-order valence-electron chi connectivity index (χ0n) is 9.60. The van der Waals surface area contributed by atoms with E-state index >= 15 is 0 Å². The zero-order chi connectivity index (χ0) is 15.0. The Labute approximate surface area is 112 Å². The van der Waals surface area contributed by atoms with E-state index in [0.717, 1.165) is 0 Å². The van der Waals surface area contributed by atoms with Crippen molar-refractivity contribution in [3.8, 4) is 0 Å². The fraction of sp³-hybridized carbons (Fsp3) is 0.444. The van der Waals surface area contributed by atoms with Gasteiger partial charge in [0, 0.05) is 6.20 Å². The van der Waals surface area contributed by atoms with Gasteiger partial charge in [-0.2, -0.15) is 0 Å². The van der Waals surface area contributed by atoms with Gasteiger partial charge >= 0.3 is 5.69 Å². The first-order valence-electron chi connectivity index (χ1n) is 4.94. The van der Waals surface area contributed by atoms with Crippen LogP contribution >= 0.6 is 11.6 Å². The monoisotopic (exact) mass is 295 g/mol. The first kappa shape index (κ1) is 17.5. The van der Waals surface area contributed by atoms with Crippen LogP contribution in [0.5, 0.6) is 0 Å². The van der Waals surface area contributed by atoms with Crippen molar-refractivity contribution in [3.05, 3.63) is 22.7 Å². The summed E-state index contributed by atoms with van der Waals surface area (Å²) in [6.07, 6.45) is -3.81. The molecule has 0 bridgehead atoms. The fourth-order valence-corrected chi connectivity index (χ4v) is 0.964. The van der Waals surface area contributed by atoms with Gasteiger partial charge in [-0.25, -0.2) is 9.78 Å². The molecule has 3 unspecified atom stereocenters. The lowest BCUT2D eigenvalue weighted by atomic mass is 10.1. The standard InChI is InChI=1S/C5H9ClO5.C4H5N3O/c6-5(11)4(10)3(9)2(8)1-7;5-3-1-2-6-4(8)7-3/h2-4,7-10H,1H2;1-2H,(H3,5,6,7,8). The predicted molar refractivity (Wildman–Crippen MR) is 65.2 cm³/mol. The molecule has 1 heterocycles. The van der Waals surface area contributed by atoms with E-state index in [4.69, 9.17) is 37.8 Å². The molecule has 0 saturated heterocycles. The number of aromatic amines is 1. The van der Waals surface area contributed by atoms with E-state index in [-0.39, 0.29) is 0 Å².